The Kier molecular flexibility index (Phi) is 4.73. The first-order valence-corrected chi connectivity index (χ1v) is 3.89. The number of phenolic OH excluding ortho intramolecular Hbond substituents is 1. The molecule has 1 aromatic carbocycles. The van der Waals surface area contributed by atoms with Crippen LogP contribution in [-0.4, -0.2) is 5.11 Å². The molecule has 0 bridgehead atoms. The third-order valence-electron chi connectivity index (χ3n) is 1.86. The Hall–Kier alpha value is -0.800. The molecule has 0 aliphatic rings. The molecule has 3 N–H and O–H groups in total. The van der Waals surface area contributed by atoms with Gasteiger partial charge in [0.05, 0.1) is 0 Å². The van der Waals surface area contributed by atoms with Gasteiger partial charge in [0.25, 0.3) is 0 Å². The van der Waals surface area contributed by atoms with Gasteiger partial charge in [0.15, 0.2) is 11.6 Å². The number of rotatable bonds is 2. The van der Waals surface area contributed by atoms with Crippen LogP contribution in [-0.2, 0) is 0 Å². The fourth-order valence-corrected chi connectivity index (χ4v) is 1.05. The molecule has 1 aromatic rings. The zero-order valence-electron chi connectivity index (χ0n) is 7.33. The monoisotopic (exact) mass is 205 g/mol. The van der Waals surface area contributed by atoms with Crippen LogP contribution >= 0.6 is 12.4 Å². The molecule has 0 aliphatic heterocycles. The maximum atomic E-state index is 12.8. The molecule has 0 unspecified atom stereocenters. The van der Waals surface area contributed by atoms with Crippen molar-refractivity contribution in [2.24, 2.45) is 5.73 Å². The highest BCUT2D eigenvalue weighted by molar-refractivity contribution is 5.85. The van der Waals surface area contributed by atoms with Gasteiger partial charge in [-0.3, -0.25) is 0 Å². The molecular weight excluding hydrogens is 193 g/mol. The van der Waals surface area contributed by atoms with Crippen molar-refractivity contribution >= 4 is 12.4 Å². The van der Waals surface area contributed by atoms with Crippen molar-refractivity contribution in [3.8, 4) is 5.75 Å². The lowest BCUT2D eigenvalue weighted by atomic mass is 10.0. The molecule has 1 atom stereocenters. The van der Waals surface area contributed by atoms with Gasteiger partial charge < -0.3 is 10.8 Å². The summed E-state index contributed by atoms with van der Waals surface area (Å²) >= 11 is 0. The van der Waals surface area contributed by atoms with E-state index in [-0.39, 0.29) is 24.2 Å². The maximum absolute atomic E-state index is 12.8. The summed E-state index contributed by atoms with van der Waals surface area (Å²) in [5.41, 5.74) is 6.11. The topological polar surface area (TPSA) is 46.2 Å². The van der Waals surface area contributed by atoms with Gasteiger partial charge in [-0.1, -0.05) is 19.1 Å². The van der Waals surface area contributed by atoms with Crippen LogP contribution < -0.4 is 5.73 Å². The van der Waals surface area contributed by atoms with Crippen molar-refractivity contribution in [2.75, 3.05) is 0 Å². The highest BCUT2D eigenvalue weighted by Crippen LogP contribution is 2.26. The van der Waals surface area contributed by atoms with Gasteiger partial charge in [-0.2, -0.15) is 0 Å². The molecule has 0 saturated carbocycles. The van der Waals surface area contributed by atoms with Crippen LogP contribution in [0, 0.1) is 5.82 Å². The Labute approximate surface area is 83.0 Å². The van der Waals surface area contributed by atoms with Crippen molar-refractivity contribution in [1.29, 1.82) is 0 Å². The predicted octanol–water partition coefficient (Wildman–Crippen LogP) is 2.36. The molecule has 0 spiro atoms. The van der Waals surface area contributed by atoms with Crippen molar-refractivity contribution in [3.05, 3.63) is 29.6 Å². The second-order valence-electron chi connectivity index (χ2n) is 2.69. The number of nitrogens with two attached hydrogens (primary N) is 1. The summed E-state index contributed by atoms with van der Waals surface area (Å²) in [7, 11) is 0. The first-order chi connectivity index (χ1) is 5.66. The number of halogens is 2. The van der Waals surface area contributed by atoms with Crippen LogP contribution in [0.15, 0.2) is 18.2 Å². The molecule has 0 aromatic heterocycles. The summed E-state index contributed by atoms with van der Waals surface area (Å²) in [6.07, 6.45) is 0.678. The fourth-order valence-electron chi connectivity index (χ4n) is 1.05. The molecule has 1 rings (SSSR count). The SMILES string of the molecule is CC[C@H](N)c1cccc(F)c1O.Cl. The second-order valence-corrected chi connectivity index (χ2v) is 2.69. The van der Waals surface area contributed by atoms with E-state index in [2.05, 4.69) is 0 Å². The van der Waals surface area contributed by atoms with E-state index in [1.165, 1.54) is 6.07 Å². The van der Waals surface area contributed by atoms with Crippen molar-refractivity contribution < 1.29 is 9.50 Å². The van der Waals surface area contributed by atoms with Crippen LogP contribution in [0.2, 0.25) is 0 Å². The average Bonchev–Trinajstić information content (AvgIpc) is 2.08. The summed E-state index contributed by atoms with van der Waals surface area (Å²) in [6, 6.07) is 4.09. The molecule has 4 heteroatoms. The van der Waals surface area contributed by atoms with Crippen molar-refractivity contribution in [1.82, 2.24) is 0 Å². The quantitative estimate of drug-likeness (QED) is 0.779. The summed E-state index contributed by atoms with van der Waals surface area (Å²) in [5.74, 6) is -0.941. The standard InChI is InChI=1S/C9H12FNO.ClH/c1-2-8(11)6-4-3-5-7(10)9(6)12;/h3-5,8,12H,2,11H2,1H3;1H/t8-;/m0./s1. The van der Waals surface area contributed by atoms with Gasteiger partial charge in [-0.25, -0.2) is 4.39 Å². The van der Waals surface area contributed by atoms with E-state index in [1.807, 2.05) is 6.92 Å². The number of hydrogen-bond acceptors (Lipinski definition) is 2. The zero-order valence-corrected chi connectivity index (χ0v) is 8.14. The number of aromatic hydroxyl groups is 1. The Balaban J connectivity index is 0.00000144. The number of hydrogen-bond donors (Lipinski definition) is 2. The van der Waals surface area contributed by atoms with Crippen LogP contribution in [0.1, 0.15) is 24.9 Å². The van der Waals surface area contributed by atoms with Gasteiger partial charge >= 0.3 is 0 Å². The molecule has 0 radical (unpaired) electrons. The minimum atomic E-state index is -0.614. The Morgan fingerprint density at radius 1 is 1.54 bits per heavy atom. The first kappa shape index (κ1) is 12.2. The second kappa shape index (κ2) is 5.04. The summed E-state index contributed by atoms with van der Waals surface area (Å²) in [6.45, 7) is 1.88. The fraction of sp³-hybridized carbons (Fsp3) is 0.333. The van der Waals surface area contributed by atoms with Crippen molar-refractivity contribution in [3.63, 3.8) is 0 Å². The molecule has 0 aliphatic carbocycles. The first-order valence-electron chi connectivity index (χ1n) is 3.89. The molecule has 2 nitrogen and oxygen atoms in total. The largest absolute Gasteiger partial charge is 0.505 e. The number of benzene rings is 1. The summed E-state index contributed by atoms with van der Waals surface area (Å²) in [5, 5.41) is 9.24. The smallest absolute Gasteiger partial charge is 0.165 e. The van der Waals surface area contributed by atoms with E-state index in [1.54, 1.807) is 12.1 Å². The average molecular weight is 206 g/mol. The van der Waals surface area contributed by atoms with E-state index >= 15 is 0 Å². The molecule has 0 fully saturated rings. The lowest BCUT2D eigenvalue weighted by Gasteiger charge is -2.10. The number of phenols is 1. The molecule has 0 saturated heterocycles. The normalized spacial score (nSPS) is 11.9. The highest BCUT2D eigenvalue weighted by Gasteiger charge is 2.11. The van der Waals surface area contributed by atoms with Crippen LogP contribution in [0.25, 0.3) is 0 Å². The van der Waals surface area contributed by atoms with Gasteiger partial charge in [0, 0.05) is 11.6 Å². The lowest BCUT2D eigenvalue weighted by Crippen LogP contribution is -2.09. The molecule has 13 heavy (non-hydrogen) atoms. The summed E-state index contributed by atoms with van der Waals surface area (Å²) in [4.78, 5) is 0. The van der Waals surface area contributed by atoms with E-state index in [0.29, 0.717) is 12.0 Å². The molecule has 0 amide bonds. The van der Waals surface area contributed by atoms with Gasteiger partial charge in [0.2, 0.25) is 0 Å². The highest BCUT2D eigenvalue weighted by atomic mass is 35.5. The minimum absolute atomic E-state index is 0. The Morgan fingerprint density at radius 2 is 2.15 bits per heavy atom. The third-order valence-corrected chi connectivity index (χ3v) is 1.86. The van der Waals surface area contributed by atoms with E-state index in [0.717, 1.165) is 0 Å². The van der Waals surface area contributed by atoms with Crippen molar-refractivity contribution in [2.45, 2.75) is 19.4 Å². The van der Waals surface area contributed by atoms with Gasteiger partial charge in [-0.15, -0.1) is 12.4 Å². The van der Waals surface area contributed by atoms with Crippen LogP contribution in [0.4, 0.5) is 4.39 Å². The Bertz CT molecular complexity index is 280. The van der Waals surface area contributed by atoms with Gasteiger partial charge in [0.1, 0.15) is 0 Å². The molecular formula is C9H13ClFNO. The lowest BCUT2D eigenvalue weighted by molar-refractivity contribution is 0.419. The van der Waals surface area contributed by atoms with E-state index < -0.39 is 5.82 Å². The third kappa shape index (κ3) is 2.57. The Morgan fingerprint density at radius 3 is 2.69 bits per heavy atom. The molecule has 74 valence electrons. The maximum Gasteiger partial charge on any atom is 0.165 e. The van der Waals surface area contributed by atoms with Crippen LogP contribution in [0.3, 0.4) is 0 Å². The van der Waals surface area contributed by atoms with E-state index in [9.17, 15) is 9.50 Å². The molecule has 0 heterocycles. The zero-order chi connectivity index (χ0) is 9.14. The van der Waals surface area contributed by atoms with E-state index in [4.69, 9.17) is 5.73 Å². The minimum Gasteiger partial charge on any atom is -0.505 e. The predicted molar refractivity (Wildman–Crippen MR) is 52.5 cm³/mol. The summed E-state index contributed by atoms with van der Waals surface area (Å²) < 4.78 is 12.8. The number of para-hydroxylation sites is 1. The van der Waals surface area contributed by atoms with Gasteiger partial charge in [-0.05, 0) is 12.5 Å². The van der Waals surface area contributed by atoms with Crippen LogP contribution in [0.5, 0.6) is 5.75 Å².